The lowest BCUT2D eigenvalue weighted by Crippen LogP contribution is -1.97. The molecule has 0 radical (unpaired) electrons. The Bertz CT molecular complexity index is 1180. The molecule has 0 aliphatic heterocycles. The lowest BCUT2D eigenvalue weighted by atomic mass is 10.2. The fourth-order valence-corrected chi connectivity index (χ4v) is 3.56. The van der Waals surface area contributed by atoms with E-state index in [1.165, 1.54) is 29.8 Å². The van der Waals surface area contributed by atoms with Crippen LogP contribution in [0.3, 0.4) is 0 Å². The molecule has 4 rings (SSSR count). The van der Waals surface area contributed by atoms with Crippen LogP contribution in [0.4, 0.5) is 16.6 Å². The zero-order chi connectivity index (χ0) is 19.0. The van der Waals surface area contributed by atoms with Crippen molar-refractivity contribution < 1.29 is 14.4 Å². The number of nitrogens with one attached hydrogen (secondary N) is 1. The van der Waals surface area contributed by atoms with E-state index in [1.54, 1.807) is 32.4 Å². The van der Waals surface area contributed by atoms with Gasteiger partial charge in [-0.25, -0.2) is 15.0 Å². The molecule has 4 aromatic rings. The van der Waals surface area contributed by atoms with Crippen LogP contribution in [0.2, 0.25) is 0 Å². The van der Waals surface area contributed by atoms with Gasteiger partial charge in [-0.2, -0.15) is 0 Å². The fraction of sp³-hybridized carbons (Fsp3) is 0.118. The van der Waals surface area contributed by atoms with Gasteiger partial charge in [0, 0.05) is 23.6 Å². The number of anilines is 2. The van der Waals surface area contributed by atoms with E-state index in [2.05, 4.69) is 20.3 Å². The van der Waals surface area contributed by atoms with E-state index < -0.39 is 4.92 Å². The summed E-state index contributed by atoms with van der Waals surface area (Å²) in [5.41, 5.74) is 1.38. The molecule has 0 spiro atoms. The van der Waals surface area contributed by atoms with Gasteiger partial charge in [0.05, 0.1) is 34.9 Å². The molecule has 9 nitrogen and oxygen atoms in total. The van der Waals surface area contributed by atoms with Crippen molar-refractivity contribution in [2.45, 2.75) is 0 Å². The van der Waals surface area contributed by atoms with Gasteiger partial charge in [-0.15, -0.1) is 0 Å². The molecule has 0 amide bonds. The third-order valence-electron chi connectivity index (χ3n) is 3.95. The number of fused-ring (bicyclic) bond motifs is 2. The maximum absolute atomic E-state index is 10.9. The molecule has 0 fully saturated rings. The number of nitrogens with zero attached hydrogens (tertiary/aromatic N) is 4. The van der Waals surface area contributed by atoms with Gasteiger partial charge in [-0.1, -0.05) is 11.3 Å². The normalized spacial score (nSPS) is 10.9. The molecule has 0 unspecified atom stereocenters. The Balaban J connectivity index is 1.76. The van der Waals surface area contributed by atoms with Crippen LogP contribution < -0.4 is 14.8 Å². The van der Waals surface area contributed by atoms with Crippen LogP contribution >= 0.6 is 11.3 Å². The van der Waals surface area contributed by atoms with Crippen molar-refractivity contribution in [2.24, 2.45) is 0 Å². The summed E-state index contributed by atoms with van der Waals surface area (Å²) in [6.07, 6.45) is 1.44. The maximum Gasteiger partial charge on any atom is 0.270 e. The lowest BCUT2D eigenvalue weighted by Gasteiger charge is -2.10. The molecule has 2 heterocycles. The highest BCUT2D eigenvalue weighted by Gasteiger charge is 2.14. The highest BCUT2D eigenvalue weighted by Crippen LogP contribution is 2.36. The van der Waals surface area contributed by atoms with Gasteiger partial charge in [0.1, 0.15) is 12.1 Å². The van der Waals surface area contributed by atoms with Gasteiger partial charge in [-0.3, -0.25) is 10.1 Å². The number of non-ortho nitro benzene ring substituents is 1. The summed E-state index contributed by atoms with van der Waals surface area (Å²) in [7, 11) is 3.12. The quantitative estimate of drug-likeness (QED) is 0.408. The second-order valence-corrected chi connectivity index (χ2v) is 6.53. The zero-order valence-electron chi connectivity index (χ0n) is 14.3. The smallest absolute Gasteiger partial charge is 0.270 e. The van der Waals surface area contributed by atoms with E-state index in [-0.39, 0.29) is 5.69 Å². The monoisotopic (exact) mass is 383 g/mol. The topological polar surface area (TPSA) is 112 Å². The zero-order valence-corrected chi connectivity index (χ0v) is 15.1. The van der Waals surface area contributed by atoms with Crippen LogP contribution in [0.5, 0.6) is 11.5 Å². The molecule has 0 atom stereocenters. The summed E-state index contributed by atoms with van der Waals surface area (Å²) in [6.45, 7) is 0. The van der Waals surface area contributed by atoms with E-state index in [9.17, 15) is 10.1 Å². The number of hydrogen-bond acceptors (Lipinski definition) is 9. The van der Waals surface area contributed by atoms with Crippen molar-refractivity contribution in [3.8, 4) is 11.5 Å². The molecule has 0 aliphatic rings. The number of ether oxygens (including phenoxy) is 2. The van der Waals surface area contributed by atoms with Gasteiger partial charge in [0.15, 0.2) is 16.6 Å². The predicted octanol–water partition coefficient (Wildman–Crippen LogP) is 3.91. The fourth-order valence-electron chi connectivity index (χ4n) is 2.66. The van der Waals surface area contributed by atoms with Crippen molar-refractivity contribution in [3.63, 3.8) is 0 Å². The summed E-state index contributed by atoms with van der Waals surface area (Å²) in [6, 6.07) is 8.12. The number of rotatable bonds is 5. The molecule has 2 aromatic heterocycles. The minimum Gasteiger partial charge on any atom is -0.493 e. The molecule has 10 heteroatoms. The summed E-state index contributed by atoms with van der Waals surface area (Å²) in [5, 5.41) is 15.4. The van der Waals surface area contributed by atoms with Crippen LogP contribution in [0.15, 0.2) is 36.7 Å². The Kier molecular flexibility index (Phi) is 4.16. The van der Waals surface area contributed by atoms with Crippen molar-refractivity contribution in [3.05, 3.63) is 46.8 Å². The van der Waals surface area contributed by atoms with Crippen molar-refractivity contribution >= 4 is 49.1 Å². The maximum atomic E-state index is 10.9. The largest absolute Gasteiger partial charge is 0.493 e. The van der Waals surface area contributed by atoms with Crippen molar-refractivity contribution in [1.29, 1.82) is 0 Å². The Hall–Kier alpha value is -3.53. The first-order valence-electron chi connectivity index (χ1n) is 7.78. The first-order chi connectivity index (χ1) is 13.1. The third-order valence-corrected chi connectivity index (χ3v) is 4.88. The number of hydrogen-bond donors (Lipinski definition) is 1. The molecule has 0 aliphatic carbocycles. The Morgan fingerprint density at radius 1 is 1.07 bits per heavy atom. The summed E-state index contributed by atoms with van der Waals surface area (Å²) >= 11 is 1.31. The molecule has 136 valence electrons. The Morgan fingerprint density at radius 3 is 2.59 bits per heavy atom. The van der Waals surface area contributed by atoms with E-state index in [0.29, 0.717) is 38.2 Å². The van der Waals surface area contributed by atoms with E-state index >= 15 is 0 Å². The third kappa shape index (κ3) is 3.06. The van der Waals surface area contributed by atoms with Crippen molar-refractivity contribution in [2.75, 3.05) is 19.5 Å². The first-order valence-corrected chi connectivity index (χ1v) is 8.59. The van der Waals surface area contributed by atoms with Gasteiger partial charge in [0.2, 0.25) is 0 Å². The van der Waals surface area contributed by atoms with Crippen LogP contribution in [-0.2, 0) is 0 Å². The Labute approximate surface area is 156 Å². The molecular formula is C17H13N5O4S. The number of nitro benzene ring substituents is 1. The SMILES string of the molecule is COc1cc2ncnc(Nc3nc4ccc([N+](=O)[O-])cc4s3)c2cc1OC. The molecular weight excluding hydrogens is 370 g/mol. The number of thiazole rings is 1. The van der Waals surface area contributed by atoms with Gasteiger partial charge in [-0.05, 0) is 12.1 Å². The molecule has 0 saturated heterocycles. The average Bonchev–Trinajstić information content (AvgIpc) is 3.08. The van der Waals surface area contributed by atoms with E-state index in [0.717, 1.165) is 5.39 Å². The molecule has 0 bridgehead atoms. The summed E-state index contributed by atoms with van der Waals surface area (Å²) in [5.74, 6) is 1.68. The highest BCUT2D eigenvalue weighted by molar-refractivity contribution is 7.22. The molecule has 27 heavy (non-hydrogen) atoms. The summed E-state index contributed by atoms with van der Waals surface area (Å²) in [4.78, 5) is 23.5. The van der Waals surface area contributed by atoms with Gasteiger partial charge >= 0.3 is 0 Å². The number of benzene rings is 2. The lowest BCUT2D eigenvalue weighted by molar-refractivity contribution is -0.384. The van der Waals surface area contributed by atoms with E-state index in [4.69, 9.17) is 9.47 Å². The second-order valence-electron chi connectivity index (χ2n) is 5.50. The Morgan fingerprint density at radius 2 is 1.85 bits per heavy atom. The van der Waals surface area contributed by atoms with Gasteiger partial charge in [0.25, 0.3) is 5.69 Å². The molecule has 2 aromatic carbocycles. The second kappa shape index (κ2) is 6.65. The number of aromatic nitrogens is 3. The van der Waals surface area contributed by atoms with E-state index in [1.807, 2.05) is 0 Å². The number of nitro groups is 1. The summed E-state index contributed by atoms with van der Waals surface area (Å²) < 4.78 is 11.4. The average molecular weight is 383 g/mol. The molecule has 1 N–H and O–H groups in total. The van der Waals surface area contributed by atoms with Crippen LogP contribution in [0, 0.1) is 10.1 Å². The molecule has 0 saturated carbocycles. The highest BCUT2D eigenvalue weighted by atomic mass is 32.1. The van der Waals surface area contributed by atoms with Crippen LogP contribution in [0.1, 0.15) is 0 Å². The van der Waals surface area contributed by atoms with Crippen molar-refractivity contribution in [1.82, 2.24) is 15.0 Å². The van der Waals surface area contributed by atoms with Crippen LogP contribution in [-0.4, -0.2) is 34.1 Å². The standard InChI is InChI=1S/C17H13N5O4S/c1-25-13-6-10-12(7-14(13)26-2)18-8-19-16(10)21-17-20-11-4-3-9(22(23)24)5-15(11)27-17/h3-8H,1-2H3,(H,18,19,20,21). The minimum absolute atomic E-state index is 0.0296. The first kappa shape index (κ1) is 16.9. The van der Waals surface area contributed by atoms with Crippen LogP contribution in [0.25, 0.3) is 21.1 Å². The van der Waals surface area contributed by atoms with Gasteiger partial charge < -0.3 is 14.8 Å². The minimum atomic E-state index is -0.427. The predicted molar refractivity (Wildman–Crippen MR) is 102 cm³/mol. The number of methoxy groups -OCH3 is 2.